The first-order valence-electron chi connectivity index (χ1n) is 11.3. The molecule has 2 rings (SSSR count). The predicted molar refractivity (Wildman–Crippen MR) is 125 cm³/mol. The van der Waals surface area contributed by atoms with Crippen molar-refractivity contribution in [3.63, 3.8) is 0 Å². The summed E-state index contributed by atoms with van der Waals surface area (Å²) in [7, 11) is 0. The van der Waals surface area contributed by atoms with Gasteiger partial charge in [-0.15, -0.1) is 0 Å². The van der Waals surface area contributed by atoms with Gasteiger partial charge in [-0.1, -0.05) is 52.0 Å². The summed E-state index contributed by atoms with van der Waals surface area (Å²) in [5, 5.41) is 2.97. The zero-order chi connectivity index (χ0) is 23.7. The molecule has 2 amide bonds. The molecular formula is C26H35FN2O3. The van der Waals surface area contributed by atoms with Gasteiger partial charge in [0.05, 0.1) is 0 Å². The Balaban J connectivity index is 2.18. The molecule has 0 aliphatic heterocycles. The molecule has 174 valence electrons. The molecule has 0 bridgehead atoms. The van der Waals surface area contributed by atoms with E-state index in [1.54, 1.807) is 12.1 Å². The van der Waals surface area contributed by atoms with Gasteiger partial charge in [0, 0.05) is 12.6 Å². The van der Waals surface area contributed by atoms with Crippen LogP contribution >= 0.6 is 0 Å². The molecule has 2 atom stereocenters. The molecule has 0 aliphatic rings. The molecule has 0 heterocycles. The lowest BCUT2D eigenvalue weighted by atomic mass is 10.0. The Labute approximate surface area is 191 Å². The van der Waals surface area contributed by atoms with E-state index >= 15 is 0 Å². The van der Waals surface area contributed by atoms with Crippen LogP contribution in [0.2, 0.25) is 0 Å². The second-order valence-electron chi connectivity index (χ2n) is 8.40. The standard InChI is InChI=1S/C26H35FN2O3/c1-6-19(5)28-26(31)24(7-2)29(16-20-8-12-22(27)13-9-20)25(30)17-32-23-14-10-21(11-15-23)18(3)4/h8-15,18-19,24H,6-7,16-17H2,1-5H3,(H,28,31). The lowest BCUT2D eigenvalue weighted by Crippen LogP contribution is -2.51. The molecule has 5 nitrogen and oxygen atoms in total. The van der Waals surface area contributed by atoms with Crippen molar-refractivity contribution in [2.75, 3.05) is 6.61 Å². The number of carbonyl (C=O) groups excluding carboxylic acids is 2. The van der Waals surface area contributed by atoms with Gasteiger partial charge < -0.3 is 15.0 Å². The van der Waals surface area contributed by atoms with Gasteiger partial charge in [-0.3, -0.25) is 9.59 Å². The fourth-order valence-corrected chi connectivity index (χ4v) is 3.32. The molecule has 1 N–H and O–H groups in total. The van der Waals surface area contributed by atoms with Gasteiger partial charge in [0.25, 0.3) is 5.91 Å². The maximum atomic E-state index is 13.3. The van der Waals surface area contributed by atoms with Crippen LogP contribution < -0.4 is 10.1 Å². The number of nitrogens with zero attached hydrogens (tertiary/aromatic N) is 1. The summed E-state index contributed by atoms with van der Waals surface area (Å²) in [5.41, 5.74) is 1.94. The van der Waals surface area contributed by atoms with E-state index in [0.29, 0.717) is 18.1 Å². The largest absolute Gasteiger partial charge is 0.484 e. The Kier molecular flexibility index (Phi) is 9.69. The number of nitrogens with one attached hydrogen (secondary N) is 1. The Morgan fingerprint density at radius 2 is 1.59 bits per heavy atom. The number of halogens is 1. The first kappa shape index (κ1) is 25.4. The van der Waals surface area contributed by atoms with Crippen molar-refractivity contribution in [3.8, 4) is 5.75 Å². The van der Waals surface area contributed by atoms with Crippen LogP contribution in [-0.4, -0.2) is 35.4 Å². The summed E-state index contributed by atoms with van der Waals surface area (Å²) in [6.07, 6.45) is 1.25. The van der Waals surface area contributed by atoms with E-state index in [4.69, 9.17) is 4.74 Å². The van der Waals surface area contributed by atoms with Crippen LogP contribution in [-0.2, 0) is 16.1 Å². The van der Waals surface area contributed by atoms with Crippen molar-refractivity contribution in [2.45, 2.75) is 72.0 Å². The summed E-state index contributed by atoms with van der Waals surface area (Å²) in [6.45, 7) is 10.0. The first-order valence-corrected chi connectivity index (χ1v) is 11.3. The van der Waals surface area contributed by atoms with Gasteiger partial charge >= 0.3 is 0 Å². The smallest absolute Gasteiger partial charge is 0.261 e. The monoisotopic (exact) mass is 442 g/mol. The van der Waals surface area contributed by atoms with Crippen LogP contribution in [0.5, 0.6) is 5.75 Å². The molecule has 0 saturated heterocycles. The van der Waals surface area contributed by atoms with Crippen LogP contribution in [0, 0.1) is 5.82 Å². The summed E-state index contributed by atoms with van der Waals surface area (Å²) >= 11 is 0. The van der Waals surface area contributed by atoms with Gasteiger partial charge in [0.1, 0.15) is 17.6 Å². The number of carbonyl (C=O) groups is 2. The Hall–Kier alpha value is -2.89. The average Bonchev–Trinajstić information content (AvgIpc) is 2.78. The van der Waals surface area contributed by atoms with Crippen LogP contribution in [0.1, 0.15) is 64.5 Å². The number of rotatable bonds is 11. The fraction of sp³-hybridized carbons (Fsp3) is 0.462. The molecule has 0 fully saturated rings. The van der Waals surface area contributed by atoms with Crippen molar-refractivity contribution in [1.29, 1.82) is 0 Å². The van der Waals surface area contributed by atoms with Gasteiger partial charge in [-0.05, 0) is 61.1 Å². The lowest BCUT2D eigenvalue weighted by Gasteiger charge is -2.31. The molecule has 0 aromatic heterocycles. The number of benzene rings is 2. The molecule has 32 heavy (non-hydrogen) atoms. The van der Waals surface area contributed by atoms with Crippen LogP contribution in [0.25, 0.3) is 0 Å². The van der Waals surface area contributed by atoms with Crippen molar-refractivity contribution in [3.05, 3.63) is 65.5 Å². The molecule has 6 heteroatoms. The summed E-state index contributed by atoms with van der Waals surface area (Å²) < 4.78 is 19.1. The summed E-state index contributed by atoms with van der Waals surface area (Å²) in [4.78, 5) is 27.6. The SMILES string of the molecule is CCC(C)NC(=O)C(CC)N(Cc1ccc(F)cc1)C(=O)COc1ccc(C(C)C)cc1. The molecule has 0 spiro atoms. The number of hydrogen-bond acceptors (Lipinski definition) is 3. The topological polar surface area (TPSA) is 58.6 Å². The third-order valence-corrected chi connectivity index (χ3v) is 5.56. The van der Waals surface area contributed by atoms with Crippen LogP contribution in [0.4, 0.5) is 4.39 Å². The Morgan fingerprint density at radius 3 is 2.12 bits per heavy atom. The quantitative estimate of drug-likeness (QED) is 0.530. The number of ether oxygens (including phenoxy) is 1. The predicted octanol–water partition coefficient (Wildman–Crippen LogP) is 5.05. The zero-order valence-corrected chi connectivity index (χ0v) is 19.7. The van der Waals surface area contributed by atoms with Gasteiger partial charge in [0.15, 0.2) is 6.61 Å². The normalized spacial score (nSPS) is 12.8. The molecule has 0 aliphatic carbocycles. The number of hydrogen-bond donors (Lipinski definition) is 1. The van der Waals surface area contributed by atoms with Gasteiger partial charge in [0.2, 0.25) is 5.91 Å². The van der Waals surface area contributed by atoms with E-state index < -0.39 is 6.04 Å². The van der Waals surface area contributed by atoms with Crippen molar-refractivity contribution in [1.82, 2.24) is 10.2 Å². The van der Waals surface area contributed by atoms with Crippen LogP contribution in [0.15, 0.2) is 48.5 Å². The van der Waals surface area contributed by atoms with E-state index in [1.165, 1.54) is 22.6 Å². The average molecular weight is 443 g/mol. The summed E-state index contributed by atoms with van der Waals surface area (Å²) in [5.74, 6) is 0.168. The van der Waals surface area contributed by atoms with Crippen molar-refractivity contribution >= 4 is 11.8 Å². The second-order valence-corrected chi connectivity index (χ2v) is 8.40. The Morgan fingerprint density at radius 1 is 0.969 bits per heavy atom. The first-order chi connectivity index (χ1) is 15.2. The van der Waals surface area contributed by atoms with E-state index in [1.807, 2.05) is 45.0 Å². The lowest BCUT2D eigenvalue weighted by molar-refractivity contribution is -0.143. The minimum atomic E-state index is -0.645. The molecule has 0 saturated carbocycles. The van der Waals surface area contributed by atoms with Gasteiger partial charge in [-0.2, -0.15) is 0 Å². The highest BCUT2D eigenvalue weighted by Gasteiger charge is 2.29. The maximum absolute atomic E-state index is 13.3. The second kappa shape index (κ2) is 12.2. The van der Waals surface area contributed by atoms with Crippen LogP contribution in [0.3, 0.4) is 0 Å². The minimum Gasteiger partial charge on any atom is -0.484 e. The van der Waals surface area contributed by atoms with Crippen molar-refractivity contribution < 1.29 is 18.7 Å². The molecule has 2 aromatic carbocycles. The third-order valence-electron chi connectivity index (χ3n) is 5.56. The highest BCUT2D eigenvalue weighted by Crippen LogP contribution is 2.19. The minimum absolute atomic E-state index is 0.00930. The molecular weight excluding hydrogens is 407 g/mol. The molecule has 2 unspecified atom stereocenters. The van der Waals surface area contributed by atoms with Gasteiger partial charge in [-0.25, -0.2) is 4.39 Å². The highest BCUT2D eigenvalue weighted by molar-refractivity contribution is 5.88. The van der Waals surface area contributed by atoms with E-state index in [-0.39, 0.29) is 36.8 Å². The highest BCUT2D eigenvalue weighted by atomic mass is 19.1. The van der Waals surface area contributed by atoms with E-state index in [9.17, 15) is 14.0 Å². The van der Waals surface area contributed by atoms with Crippen molar-refractivity contribution in [2.24, 2.45) is 0 Å². The molecule has 0 radical (unpaired) electrons. The zero-order valence-electron chi connectivity index (χ0n) is 19.7. The fourth-order valence-electron chi connectivity index (χ4n) is 3.32. The Bertz CT molecular complexity index is 866. The van der Waals surface area contributed by atoms with E-state index in [0.717, 1.165) is 12.0 Å². The maximum Gasteiger partial charge on any atom is 0.261 e. The summed E-state index contributed by atoms with van der Waals surface area (Å²) in [6, 6.07) is 13.0. The molecule has 2 aromatic rings. The number of amides is 2. The third kappa shape index (κ3) is 7.36. The van der Waals surface area contributed by atoms with E-state index in [2.05, 4.69) is 19.2 Å².